The predicted molar refractivity (Wildman–Crippen MR) is 58.7 cm³/mol. The summed E-state index contributed by atoms with van der Waals surface area (Å²) in [5, 5.41) is 12.8. The third-order valence-electron chi connectivity index (χ3n) is 2.11. The van der Waals surface area contributed by atoms with Gasteiger partial charge in [-0.3, -0.25) is 0 Å². The van der Waals surface area contributed by atoms with E-state index in [0.717, 1.165) is 6.07 Å². The first kappa shape index (κ1) is 11.5. The van der Waals surface area contributed by atoms with Gasteiger partial charge in [0.25, 0.3) is 5.89 Å². The summed E-state index contributed by atoms with van der Waals surface area (Å²) in [6.45, 7) is 0.517. The van der Waals surface area contributed by atoms with Crippen molar-refractivity contribution in [1.29, 1.82) is 0 Å². The number of nitrogens with zero attached hydrogens (tertiary/aromatic N) is 3. The third-order valence-corrected chi connectivity index (χ3v) is 2.11. The van der Waals surface area contributed by atoms with Gasteiger partial charge in [-0.15, -0.1) is 0 Å². The molecule has 2 rings (SSSR count). The molecule has 0 saturated carbocycles. The average molecular weight is 237 g/mol. The Kier molecular flexibility index (Phi) is 3.06. The van der Waals surface area contributed by atoms with E-state index in [9.17, 15) is 4.39 Å². The summed E-state index contributed by atoms with van der Waals surface area (Å²) in [7, 11) is 3.74. The summed E-state index contributed by atoms with van der Waals surface area (Å²) in [4.78, 5) is 5.95. The molecule has 0 aliphatic heterocycles. The van der Waals surface area contributed by atoms with Gasteiger partial charge in [0.05, 0.1) is 12.1 Å². The van der Waals surface area contributed by atoms with Gasteiger partial charge in [-0.2, -0.15) is 4.98 Å². The summed E-state index contributed by atoms with van der Waals surface area (Å²) in [5.74, 6) is -0.138. The molecule has 1 N–H and O–H groups in total. The van der Waals surface area contributed by atoms with Crippen LogP contribution in [0.25, 0.3) is 11.5 Å². The molecule has 0 spiro atoms. The van der Waals surface area contributed by atoms with Crippen molar-refractivity contribution in [2.45, 2.75) is 6.54 Å². The second kappa shape index (κ2) is 4.50. The van der Waals surface area contributed by atoms with E-state index in [0.29, 0.717) is 12.4 Å². The zero-order valence-corrected chi connectivity index (χ0v) is 9.51. The van der Waals surface area contributed by atoms with Gasteiger partial charge in [0, 0.05) is 6.07 Å². The molecular formula is C11H12FN3O2. The largest absolute Gasteiger partial charge is 0.508 e. The first-order valence-corrected chi connectivity index (χ1v) is 5.02. The highest BCUT2D eigenvalue weighted by atomic mass is 19.1. The number of hydrogen-bond acceptors (Lipinski definition) is 5. The maximum Gasteiger partial charge on any atom is 0.260 e. The molecule has 0 aliphatic rings. The van der Waals surface area contributed by atoms with Crippen LogP contribution in [0.5, 0.6) is 5.75 Å². The first-order valence-electron chi connectivity index (χ1n) is 5.02. The molecule has 0 amide bonds. The number of phenols is 1. The van der Waals surface area contributed by atoms with Crippen molar-refractivity contribution in [3.8, 4) is 17.2 Å². The molecule has 0 aliphatic carbocycles. The highest BCUT2D eigenvalue weighted by Gasteiger charge is 2.13. The summed E-state index contributed by atoms with van der Waals surface area (Å²) in [6.07, 6.45) is 0. The summed E-state index contributed by atoms with van der Waals surface area (Å²) >= 11 is 0. The number of benzene rings is 1. The van der Waals surface area contributed by atoms with Crippen LogP contribution in [0.2, 0.25) is 0 Å². The lowest BCUT2D eigenvalue weighted by molar-refractivity contribution is 0.365. The van der Waals surface area contributed by atoms with E-state index in [4.69, 9.17) is 9.63 Å². The summed E-state index contributed by atoms with van der Waals surface area (Å²) < 4.78 is 18.5. The van der Waals surface area contributed by atoms with E-state index >= 15 is 0 Å². The molecule has 0 bridgehead atoms. The van der Waals surface area contributed by atoms with Crippen molar-refractivity contribution in [2.75, 3.05) is 14.1 Å². The minimum absolute atomic E-state index is 0.111. The van der Waals surface area contributed by atoms with Crippen molar-refractivity contribution >= 4 is 0 Å². The standard InChI is InChI=1S/C11H12FN3O2/c1-15(2)6-10-13-11(17-14-10)8-4-3-7(16)5-9(8)12/h3-5,16H,6H2,1-2H3. The van der Waals surface area contributed by atoms with Gasteiger partial charge in [0.2, 0.25) is 0 Å². The molecule has 2 aromatic rings. The van der Waals surface area contributed by atoms with Crippen LogP contribution in [-0.2, 0) is 6.54 Å². The molecule has 17 heavy (non-hydrogen) atoms. The number of rotatable bonds is 3. The van der Waals surface area contributed by atoms with Gasteiger partial charge in [-0.1, -0.05) is 5.16 Å². The Morgan fingerprint density at radius 1 is 1.41 bits per heavy atom. The second-order valence-corrected chi connectivity index (χ2v) is 3.92. The molecule has 6 heteroatoms. The second-order valence-electron chi connectivity index (χ2n) is 3.92. The van der Waals surface area contributed by atoms with Crippen molar-refractivity contribution in [2.24, 2.45) is 0 Å². The van der Waals surface area contributed by atoms with E-state index in [1.807, 2.05) is 19.0 Å². The van der Waals surface area contributed by atoms with Gasteiger partial charge in [-0.25, -0.2) is 4.39 Å². The van der Waals surface area contributed by atoms with Crippen LogP contribution in [0, 0.1) is 5.82 Å². The predicted octanol–water partition coefficient (Wildman–Crippen LogP) is 1.64. The van der Waals surface area contributed by atoms with Crippen LogP contribution in [0.1, 0.15) is 5.82 Å². The fraction of sp³-hybridized carbons (Fsp3) is 0.273. The Hall–Kier alpha value is -1.95. The van der Waals surface area contributed by atoms with Gasteiger partial charge in [-0.05, 0) is 26.2 Å². The van der Waals surface area contributed by atoms with Crippen LogP contribution in [0.3, 0.4) is 0 Å². The molecule has 1 heterocycles. The van der Waals surface area contributed by atoms with E-state index in [2.05, 4.69) is 10.1 Å². The Bertz CT molecular complexity index is 525. The normalized spacial score (nSPS) is 11.1. The number of phenolic OH excluding ortho intramolecular Hbond substituents is 1. The molecule has 0 saturated heterocycles. The minimum atomic E-state index is -0.593. The van der Waals surface area contributed by atoms with Gasteiger partial charge in [0.15, 0.2) is 5.82 Å². The maximum atomic E-state index is 13.5. The minimum Gasteiger partial charge on any atom is -0.508 e. The zero-order chi connectivity index (χ0) is 12.4. The number of hydrogen-bond donors (Lipinski definition) is 1. The van der Waals surface area contributed by atoms with Crippen molar-refractivity contribution in [3.63, 3.8) is 0 Å². The van der Waals surface area contributed by atoms with E-state index in [1.165, 1.54) is 12.1 Å². The van der Waals surface area contributed by atoms with Crippen LogP contribution in [-0.4, -0.2) is 34.2 Å². The molecule has 90 valence electrons. The zero-order valence-electron chi connectivity index (χ0n) is 9.51. The van der Waals surface area contributed by atoms with Gasteiger partial charge >= 0.3 is 0 Å². The number of aromatic hydroxyl groups is 1. The lowest BCUT2D eigenvalue weighted by atomic mass is 10.2. The highest BCUT2D eigenvalue weighted by Crippen LogP contribution is 2.24. The van der Waals surface area contributed by atoms with Crippen molar-refractivity contribution < 1.29 is 14.0 Å². The van der Waals surface area contributed by atoms with Crippen molar-refractivity contribution in [1.82, 2.24) is 15.0 Å². The number of halogens is 1. The fourth-order valence-corrected chi connectivity index (χ4v) is 1.39. The quantitative estimate of drug-likeness (QED) is 0.879. The third kappa shape index (κ3) is 2.59. The Balaban J connectivity index is 2.30. The Morgan fingerprint density at radius 2 is 2.18 bits per heavy atom. The van der Waals surface area contributed by atoms with Gasteiger partial charge in [0.1, 0.15) is 11.6 Å². The first-order chi connectivity index (χ1) is 8.06. The lowest BCUT2D eigenvalue weighted by Gasteiger charge is -2.03. The van der Waals surface area contributed by atoms with Crippen LogP contribution in [0.15, 0.2) is 22.7 Å². The molecule has 0 fully saturated rings. The average Bonchev–Trinajstić information content (AvgIpc) is 2.65. The smallest absolute Gasteiger partial charge is 0.260 e. The monoisotopic (exact) mass is 237 g/mol. The van der Waals surface area contributed by atoms with Gasteiger partial charge < -0.3 is 14.5 Å². The van der Waals surface area contributed by atoms with Crippen molar-refractivity contribution in [3.05, 3.63) is 29.8 Å². The number of aromatic nitrogens is 2. The van der Waals surface area contributed by atoms with E-state index < -0.39 is 5.82 Å². The van der Waals surface area contributed by atoms with E-state index in [1.54, 1.807) is 0 Å². The summed E-state index contributed by atoms with van der Waals surface area (Å²) in [5.41, 5.74) is 0.181. The lowest BCUT2D eigenvalue weighted by Crippen LogP contribution is -2.11. The van der Waals surface area contributed by atoms with Crippen LogP contribution >= 0.6 is 0 Å². The Morgan fingerprint density at radius 3 is 2.82 bits per heavy atom. The fourth-order valence-electron chi connectivity index (χ4n) is 1.39. The molecule has 0 radical (unpaired) electrons. The maximum absolute atomic E-state index is 13.5. The summed E-state index contributed by atoms with van der Waals surface area (Å²) in [6, 6.07) is 3.77. The molecule has 0 atom stereocenters. The van der Waals surface area contributed by atoms with Crippen LogP contribution in [0.4, 0.5) is 4.39 Å². The van der Waals surface area contributed by atoms with E-state index in [-0.39, 0.29) is 17.2 Å². The SMILES string of the molecule is CN(C)Cc1noc(-c2ccc(O)cc2F)n1. The van der Waals surface area contributed by atoms with Crippen LogP contribution < -0.4 is 0 Å². The Labute approximate surface area is 97.5 Å². The topological polar surface area (TPSA) is 62.4 Å². The highest BCUT2D eigenvalue weighted by molar-refractivity contribution is 5.55. The molecule has 1 aromatic carbocycles. The molecular weight excluding hydrogens is 225 g/mol. The molecule has 1 aromatic heterocycles. The molecule has 5 nitrogen and oxygen atoms in total. The molecule has 0 unspecified atom stereocenters.